The first kappa shape index (κ1) is 9.95. The van der Waals surface area contributed by atoms with Gasteiger partial charge in [-0.1, -0.05) is 6.92 Å². The fourth-order valence-corrected chi connectivity index (χ4v) is 2.28. The van der Waals surface area contributed by atoms with Crippen molar-refractivity contribution < 1.29 is 9.47 Å². The second-order valence-electron chi connectivity index (χ2n) is 4.51. The first-order valence-electron chi connectivity index (χ1n) is 5.43. The SMILES string of the molecule is CC1CCC2(CC1)OCC(CC#N)O2. The number of nitriles is 1. The maximum absolute atomic E-state index is 8.57. The van der Waals surface area contributed by atoms with Crippen molar-refractivity contribution in [3.8, 4) is 6.07 Å². The van der Waals surface area contributed by atoms with Crippen molar-refractivity contribution in [1.82, 2.24) is 0 Å². The van der Waals surface area contributed by atoms with Crippen LogP contribution in [0.1, 0.15) is 39.0 Å². The highest BCUT2D eigenvalue weighted by Gasteiger charge is 2.43. The summed E-state index contributed by atoms with van der Waals surface area (Å²) in [5, 5.41) is 8.57. The molecule has 0 bridgehead atoms. The van der Waals surface area contributed by atoms with Gasteiger partial charge in [-0.3, -0.25) is 0 Å². The topological polar surface area (TPSA) is 42.2 Å². The molecule has 0 radical (unpaired) electrons. The highest BCUT2D eigenvalue weighted by molar-refractivity contribution is 4.87. The summed E-state index contributed by atoms with van der Waals surface area (Å²) in [6.07, 6.45) is 4.82. The molecule has 1 aliphatic heterocycles. The molecule has 2 fully saturated rings. The van der Waals surface area contributed by atoms with E-state index in [1.807, 2.05) is 0 Å². The van der Waals surface area contributed by atoms with Crippen molar-refractivity contribution in [2.75, 3.05) is 6.61 Å². The van der Waals surface area contributed by atoms with E-state index >= 15 is 0 Å². The van der Waals surface area contributed by atoms with Crippen LogP contribution in [0.4, 0.5) is 0 Å². The largest absolute Gasteiger partial charge is 0.347 e. The molecule has 1 heterocycles. The third-order valence-corrected chi connectivity index (χ3v) is 3.27. The van der Waals surface area contributed by atoms with Gasteiger partial charge in [-0.05, 0) is 18.8 Å². The zero-order valence-corrected chi connectivity index (χ0v) is 8.66. The van der Waals surface area contributed by atoms with E-state index in [2.05, 4.69) is 13.0 Å². The van der Waals surface area contributed by atoms with Crippen molar-refractivity contribution in [2.45, 2.75) is 50.9 Å². The predicted octanol–water partition coefficient (Wildman–Crippen LogP) is 2.22. The Balaban J connectivity index is 1.90. The van der Waals surface area contributed by atoms with Gasteiger partial charge in [0.05, 0.1) is 25.2 Å². The van der Waals surface area contributed by atoms with Gasteiger partial charge in [-0.25, -0.2) is 0 Å². The molecule has 3 nitrogen and oxygen atoms in total. The Labute approximate surface area is 85.0 Å². The molecule has 0 amide bonds. The smallest absolute Gasteiger partial charge is 0.168 e. The van der Waals surface area contributed by atoms with E-state index in [1.165, 1.54) is 12.8 Å². The van der Waals surface area contributed by atoms with Crippen LogP contribution < -0.4 is 0 Å². The number of hydrogen-bond acceptors (Lipinski definition) is 3. The average molecular weight is 195 g/mol. The van der Waals surface area contributed by atoms with Crippen LogP contribution in [-0.4, -0.2) is 18.5 Å². The van der Waals surface area contributed by atoms with E-state index in [4.69, 9.17) is 14.7 Å². The molecule has 1 aliphatic carbocycles. The van der Waals surface area contributed by atoms with Crippen LogP contribution in [0.25, 0.3) is 0 Å². The Morgan fingerprint density at radius 1 is 1.43 bits per heavy atom. The summed E-state index contributed by atoms with van der Waals surface area (Å²) >= 11 is 0. The van der Waals surface area contributed by atoms with Gasteiger partial charge in [-0.15, -0.1) is 0 Å². The van der Waals surface area contributed by atoms with Crippen molar-refractivity contribution in [2.24, 2.45) is 5.92 Å². The van der Waals surface area contributed by atoms with Crippen molar-refractivity contribution in [1.29, 1.82) is 5.26 Å². The molecule has 2 aliphatic rings. The number of ether oxygens (including phenoxy) is 2. The van der Waals surface area contributed by atoms with E-state index in [-0.39, 0.29) is 11.9 Å². The van der Waals surface area contributed by atoms with Gasteiger partial charge in [0.1, 0.15) is 0 Å². The highest BCUT2D eigenvalue weighted by atomic mass is 16.7. The zero-order valence-electron chi connectivity index (χ0n) is 8.66. The average Bonchev–Trinajstić information content (AvgIpc) is 2.56. The first-order chi connectivity index (χ1) is 6.74. The van der Waals surface area contributed by atoms with Gasteiger partial charge < -0.3 is 9.47 Å². The van der Waals surface area contributed by atoms with E-state index in [0.29, 0.717) is 13.0 Å². The zero-order chi connectivity index (χ0) is 10.0. The molecule has 3 heteroatoms. The number of hydrogen-bond donors (Lipinski definition) is 0. The first-order valence-corrected chi connectivity index (χ1v) is 5.43. The second-order valence-corrected chi connectivity index (χ2v) is 4.51. The molecule has 14 heavy (non-hydrogen) atoms. The third kappa shape index (κ3) is 1.92. The van der Waals surface area contributed by atoms with Gasteiger partial charge >= 0.3 is 0 Å². The molecule has 0 aromatic rings. The third-order valence-electron chi connectivity index (χ3n) is 3.27. The van der Waals surface area contributed by atoms with Crippen LogP contribution in [-0.2, 0) is 9.47 Å². The molecule has 0 aromatic heterocycles. The Morgan fingerprint density at radius 2 is 2.14 bits per heavy atom. The van der Waals surface area contributed by atoms with Gasteiger partial charge in [-0.2, -0.15) is 5.26 Å². The molecular formula is C11H17NO2. The van der Waals surface area contributed by atoms with Gasteiger partial charge in [0, 0.05) is 12.8 Å². The van der Waals surface area contributed by atoms with Crippen molar-refractivity contribution >= 4 is 0 Å². The Bertz CT molecular complexity index is 238. The summed E-state index contributed by atoms with van der Waals surface area (Å²) in [5.41, 5.74) is 0. The van der Waals surface area contributed by atoms with Crippen LogP contribution in [0.3, 0.4) is 0 Å². The lowest BCUT2D eigenvalue weighted by molar-refractivity contribution is -0.191. The molecule has 1 unspecified atom stereocenters. The lowest BCUT2D eigenvalue weighted by atomic mass is 9.86. The molecular weight excluding hydrogens is 178 g/mol. The second kappa shape index (κ2) is 3.88. The van der Waals surface area contributed by atoms with Crippen LogP contribution in [0, 0.1) is 17.2 Å². The maximum atomic E-state index is 8.57. The Hall–Kier alpha value is -0.590. The fraction of sp³-hybridized carbons (Fsp3) is 0.909. The maximum Gasteiger partial charge on any atom is 0.168 e. The summed E-state index contributed by atoms with van der Waals surface area (Å²) < 4.78 is 11.6. The van der Waals surface area contributed by atoms with Gasteiger partial charge in [0.2, 0.25) is 0 Å². The minimum absolute atomic E-state index is 0.00778. The molecule has 78 valence electrons. The molecule has 1 saturated heterocycles. The summed E-state index contributed by atoms with van der Waals surface area (Å²) in [7, 11) is 0. The molecule has 0 N–H and O–H groups in total. The summed E-state index contributed by atoms with van der Waals surface area (Å²) in [5.74, 6) is 0.469. The Kier molecular flexibility index (Phi) is 2.76. The van der Waals surface area contributed by atoms with Crippen LogP contribution in [0.15, 0.2) is 0 Å². The van der Waals surface area contributed by atoms with Gasteiger partial charge in [0.15, 0.2) is 5.79 Å². The van der Waals surface area contributed by atoms with Gasteiger partial charge in [0.25, 0.3) is 0 Å². The van der Waals surface area contributed by atoms with Crippen LogP contribution in [0.5, 0.6) is 0 Å². The fourth-order valence-electron chi connectivity index (χ4n) is 2.28. The summed E-state index contributed by atoms with van der Waals surface area (Å²) in [4.78, 5) is 0. The molecule has 1 spiro atoms. The van der Waals surface area contributed by atoms with Crippen LogP contribution in [0.2, 0.25) is 0 Å². The standard InChI is InChI=1S/C11H17NO2/c1-9-2-5-11(6-3-9)13-8-10(14-11)4-7-12/h9-10H,2-6,8H2,1H3. The predicted molar refractivity (Wildman–Crippen MR) is 51.4 cm³/mol. The minimum Gasteiger partial charge on any atom is -0.347 e. The minimum atomic E-state index is -0.325. The highest BCUT2D eigenvalue weighted by Crippen LogP contribution is 2.40. The summed E-state index contributed by atoms with van der Waals surface area (Å²) in [6.45, 7) is 2.87. The van der Waals surface area contributed by atoms with Crippen LogP contribution >= 0.6 is 0 Å². The van der Waals surface area contributed by atoms with E-state index < -0.39 is 0 Å². The Morgan fingerprint density at radius 3 is 2.79 bits per heavy atom. The lowest BCUT2D eigenvalue weighted by Crippen LogP contribution is -2.35. The quantitative estimate of drug-likeness (QED) is 0.644. The normalized spacial score (nSPS) is 42.6. The molecule has 2 rings (SSSR count). The molecule has 1 saturated carbocycles. The number of rotatable bonds is 1. The van der Waals surface area contributed by atoms with E-state index in [9.17, 15) is 0 Å². The molecule has 1 atom stereocenters. The van der Waals surface area contributed by atoms with E-state index in [1.54, 1.807) is 0 Å². The lowest BCUT2D eigenvalue weighted by Gasteiger charge is -2.34. The molecule has 0 aromatic carbocycles. The van der Waals surface area contributed by atoms with Crippen molar-refractivity contribution in [3.63, 3.8) is 0 Å². The van der Waals surface area contributed by atoms with E-state index in [0.717, 1.165) is 18.8 Å². The van der Waals surface area contributed by atoms with Crippen molar-refractivity contribution in [3.05, 3.63) is 0 Å². The summed E-state index contributed by atoms with van der Waals surface area (Å²) in [6, 6.07) is 2.14. The monoisotopic (exact) mass is 195 g/mol. The number of nitrogens with zero attached hydrogens (tertiary/aromatic N) is 1.